The first-order chi connectivity index (χ1) is 13.5. The fourth-order valence-corrected chi connectivity index (χ4v) is 3.44. The number of anilines is 1. The Hall–Kier alpha value is -3.59. The minimum absolute atomic E-state index is 0.166. The molecule has 138 valence electrons. The van der Waals surface area contributed by atoms with Crippen molar-refractivity contribution in [2.24, 2.45) is 0 Å². The molecule has 0 saturated heterocycles. The van der Waals surface area contributed by atoms with Gasteiger partial charge < -0.3 is 10.1 Å². The number of tetrazole rings is 1. The van der Waals surface area contributed by atoms with Crippen molar-refractivity contribution in [2.75, 3.05) is 5.73 Å². The van der Waals surface area contributed by atoms with Crippen LogP contribution in [0.4, 0.5) is 10.2 Å². The van der Waals surface area contributed by atoms with Crippen molar-refractivity contribution in [1.82, 2.24) is 34.4 Å². The molecule has 2 N–H and O–H groups in total. The number of fused-ring (bicyclic) bond motifs is 2. The fourth-order valence-electron chi connectivity index (χ4n) is 3.18. The van der Waals surface area contributed by atoms with Gasteiger partial charge in [-0.1, -0.05) is 11.6 Å². The van der Waals surface area contributed by atoms with Crippen LogP contribution in [0.1, 0.15) is 5.69 Å². The number of imidazole rings is 1. The normalized spacial score (nSPS) is 11.5. The van der Waals surface area contributed by atoms with Crippen molar-refractivity contribution in [1.29, 1.82) is 0 Å². The SMILES string of the molecule is Cc1cnc2c(Cl)cc(-c3c(-c4ccc(F)cc4)nc(N)c4nnnn34)cn12. The van der Waals surface area contributed by atoms with Gasteiger partial charge in [0.05, 0.1) is 10.7 Å². The maximum Gasteiger partial charge on any atom is 0.222 e. The largest absolute Gasteiger partial charge is 0.380 e. The van der Waals surface area contributed by atoms with Crippen LogP contribution in [-0.4, -0.2) is 34.4 Å². The highest BCUT2D eigenvalue weighted by Gasteiger charge is 2.20. The number of aromatic nitrogens is 7. The second-order valence-corrected chi connectivity index (χ2v) is 6.69. The lowest BCUT2D eigenvalue weighted by Gasteiger charge is -2.13. The topological polar surface area (TPSA) is 99.3 Å². The molecule has 0 aliphatic carbocycles. The van der Waals surface area contributed by atoms with Gasteiger partial charge in [-0.2, -0.15) is 4.52 Å². The molecule has 10 heteroatoms. The number of benzene rings is 1. The first-order valence-corrected chi connectivity index (χ1v) is 8.68. The van der Waals surface area contributed by atoms with E-state index in [-0.39, 0.29) is 11.6 Å². The molecule has 0 amide bonds. The van der Waals surface area contributed by atoms with Crippen LogP contribution in [0.15, 0.2) is 42.7 Å². The Balaban J connectivity index is 1.89. The molecule has 28 heavy (non-hydrogen) atoms. The zero-order chi connectivity index (χ0) is 19.4. The lowest BCUT2D eigenvalue weighted by atomic mass is 10.0. The van der Waals surface area contributed by atoms with E-state index >= 15 is 0 Å². The summed E-state index contributed by atoms with van der Waals surface area (Å²) in [5.74, 6) is -0.181. The molecule has 0 aliphatic heterocycles. The predicted molar refractivity (Wildman–Crippen MR) is 102 cm³/mol. The molecule has 0 aliphatic rings. The highest BCUT2D eigenvalue weighted by molar-refractivity contribution is 6.33. The van der Waals surface area contributed by atoms with Crippen LogP contribution in [0, 0.1) is 12.7 Å². The highest BCUT2D eigenvalue weighted by Crippen LogP contribution is 2.34. The van der Waals surface area contributed by atoms with Crippen molar-refractivity contribution in [2.45, 2.75) is 6.92 Å². The predicted octanol–water partition coefficient (Wildman–Crippen LogP) is 3.18. The van der Waals surface area contributed by atoms with E-state index in [1.165, 1.54) is 16.6 Å². The van der Waals surface area contributed by atoms with Crippen molar-refractivity contribution in [3.8, 4) is 22.5 Å². The number of nitrogens with two attached hydrogens (primary N) is 1. The molecule has 0 bridgehead atoms. The van der Waals surface area contributed by atoms with E-state index in [0.29, 0.717) is 38.8 Å². The number of hydrogen-bond donors (Lipinski definition) is 1. The van der Waals surface area contributed by atoms with Crippen molar-refractivity contribution >= 4 is 28.7 Å². The smallest absolute Gasteiger partial charge is 0.222 e. The third kappa shape index (κ3) is 2.40. The van der Waals surface area contributed by atoms with Crippen LogP contribution >= 0.6 is 11.6 Å². The van der Waals surface area contributed by atoms with Gasteiger partial charge in [-0.25, -0.2) is 14.4 Å². The summed E-state index contributed by atoms with van der Waals surface area (Å²) in [6, 6.07) is 7.73. The molecule has 4 heterocycles. The molecule has 0 saturated carbocycles. The molecule has 4 aromatic heterocycles. The molecule has 8 nitrogen and oxygen atoms in total. The fraction of sp³-hybridized carbons (Fsp3) is 0.0556. The summed E-state index contributed by atoms with van der Waals surface area (Å²) >= 11 is 6.46. The number of halogens is 2. The van der Waals surface area contributed by atoms with E-state index in [1.807, 2.05) is 17.5 Å². The van der Waals surface area contributed by atoms with E-state index in [1.54, 1.807) is 24.4 Å². The number of aryl methyl sites for hydroxylation is 1. The molecular formula is C18H12ClFN8. The minimum Gasteiger partial charge on any atom is -0.380 e. The van der Waals surface area contributed by atoms with Gasteiger partial charge in [0.2, 0.25) is 5.65 Å². The van der Waals surface area contributed by atoms with Gasteiger partial charge in [-0.15, -0.1) is 5.10 Å². The zero-order valence-electron chi connectivity index (χ0n) is 14.5. The van der Waals surface area contributed by atoms with Crippen molar-refractivity contribution < 1.29 is 4.39 Å². The second-order valence-electron chi connectivity index (χ2n) is 6.29. The van der Waals surface area contributed by atoms with E-state index in [4.69, 9.17) is 17.3 Å². The first-order valence-electron chi connectivity index (χ1n) is 8.30. The molecule has 0 unspecified atom stereocenters. The van der Waals surface area contributed by atoms with Gasteiger partial charge in [0.15, 0.2) is 11.5 Å². The monoisotopic (exact) mass is 394 g/mol. The Morgan fingerprint density at radius 3 is 2.68 bits per heavy atom. The molecule has 0 atom stereocenters. The average Bonchev–Trinajstić information content (AvgIpc) is 3.30. The van der Waals surface area contributed by atoms with E-state index in [0.717, 1.165) is 5.69 Å². The molecule has 1 aromatic carbocycles. The highest BCUT2D eigenvalue weighted by atomic mass is 35.5. The second kappa shape index (κ2) is 5.96. The number of rotatable bonds is 2. The number of pyridine rings is 1. The van der Waals surface area contributed by atoms with Crippen LogP contribution in [-0.2, 0) is 0 Å². The van der Waals surface area contributed by atoms with E-state index in [9.17, 15) is 4.39 Å². The minimum atomic E-state index is -0.347. The van der Waals surface area contributed by atoms with E-state index in [2.05, 4.69) is 25.5 Å². The van der Waals surface area contributed by atoms with Crippen molar-refractivity contribution in [3.63, 3.8) is 0 Å². The average molecular weight is 395 g/mol. The van der Waals surface area contributed by atoms with Crippen LogP contribution in [0.25, 0.3) is 33.8 Å². The number of hydrogen-bond acceptors (Lipinski definition) is 6. The van der Waals surface area contributed by atoms with E-state index < -0.39 is 0 Å². The van der Waals surface area contributed by atoms with Gasteiger partial charge in [-0.05, 0) is 47.7 Å². The Labute approximate surface area is 162 Å². The lowest BCUT2D eigenvalue weighted by molar-refractivity contribution is 0.628. The maximum atomic E-state index is 13.4. The van der Waals surface area contributed by atoms with Gasteiger partial charge in [0, 0.05) is 29.2 Å². The quantitative estimate of drug-likeness (QED) is 0.493. The molecule has 0 spiro atoms. The maximum absolute atomic E-state index is 13.4. The zero-order valence-corrected chi connectivity index (χ0v) is 15.3. The summed E-state index contributed by atoms with van der Waals surface area (Å²) < 4.78 is 16.8. The summed E-state index contributed by atoms with van der Waals surface area (Å²) in [6.45, 7) is 1.93. The van der Waals surface area contributed by atoms with Crippen LogP contribution < -0.4 is 5.73 Å². The van der Waals surface area contributed by atoms with Crippen LogP contribution in [0.2, 0.25) is 5.02 Å². The van der Waals surface area contributed by atoms with Gasteiger partial charge >= 0.3 is 0 Å². The summed E-state index contributed by atoms with van der Waals surface area (Å²) in [5.41, 5.74) is 10.4. The number of nitrogens with zero attached hydrogens (tertiary/aromatic N) is 7. The van der Waals surface area contributed by atoms with Gasteiger partial charge in [0.1, 0.15) is 11.5 Å². The van der Waals surface area contributed by atoms with Gasteiger partial charge in [-0.3, -0.25) is 0 Å². The number of nitrogen functional groups attached to an aromatic ring is 1. The first kappa shape index (κ1) is 16.6. The molecule has 0 radical (unpaired) electrons. The van der Waals surface area contributed by atoms with Crippen molar-refractivity contribution in [3.05, 3.63) is 59.3 Å². The molecular weight excluding hydrogens is 383 g/mol. The Bertz CT molecular complexity index is 1360. The van der Waals surface area contributed by atoms with Crippen LogP contribution in [0.5, 0.6) is 0 Å². The Morgan fingerprint density at radius 2 is 1.89 bits per heavy atom. The molecule has 5 aromatic rings. The van der Waals surface area contributed by atoms with Crippen LogP contribution in [0.3, 0.4) is 0 Å². The Kier molecular flexibility index (Phi) is 3.53. The summed E-state index contributed by atoms with van der Waals surface area (Å²) in [5, 5.41) is 12.2. The standard InChI is InChI=1S/C18H12ClFN8/c1-9-7-22-17-13(19)6-11(8-27(9)17)15-14(10-2-4-12(20)5-3-10)23-16(21)18-24-25-26-28(15)18/h2-8H,1H3,(H2,21,23). The lowest BCUT2D eigenvalue weighted by Crippen LogP contribution is -2.06. The Morgan fingerprint density at radius 1 is 1.11 bits per heavy atom. The molecule has 0 fully saturated rings. The molecule has 5 rings (SSSR count). The third-order valence-electron chi connectivity index (χ3n) is 4.50. The van der Waals surface area contributed by atoms with Gasteiger partial charge in [0.25, 0.3) is 0 Å². The summed E-state index contributed by atoms with van der Waals surface area (Å²) in [6.07, 6.45) is 3.62. The third-order valence-corrected chi connectivity index (χ3v) is 4.78. The summed E-state index contributed by atoms with van der Waals surface area (Å²) in [7, 11) is 0. The summed E-state index contributed by atoms with van der Waals surface area (Å²) in [4.78, 5) is 8.81.